The fraction of sp³-hybridized carbons (Fsp3) is 0.632. The van der Waals surface area contributed by atoms with Gasteiger partial charge in [-0.25, -0.2) is 14.5 Å². The molecule has 1 saturated carbocycles. The third-order valence-corrected chi connectivity index (χ3v) is 4.71. The van der Waals surface area contributed by atoms with Crippen LogP contribution in [0, 0.1) is 0 Å². The second-order valence-electron chi connectivity index (χ2n) is 7.33. The van der Waals surface area contributed by atoms with Gasteiger partial charge >= 0.3 is 5.97 Å². The molecular formula is C19H27N3O2. The van der Waals surface area contributed by atoms with Crippen molar-refractivity contribution in [1.29, 1.82) is 0 Å². The summed E-state index contributed by atoms with van der Waals surface area (Å²) in [6, 6.07) is 2.07. The maximum atomic E-state index is 12.8. The molecule has 0 bridgehead atoms. The average Bonchev–Trinajstić information content (AvgIpc) is 2.98. The molecule has 2 aromatic heterocycles. The molecule has 3 rings (SSSR count). The SMILES string of the molecule is CC(C)c1cc(C(=O)OC2CCCCC2)c2cnn(C(C)C)c2n1. The Balaban J connectivity index is 2.00. The Morgan fingerprint density at radius 1 is 1.21 bits per heavy atom. The Labute approximate surface area is 143 Å². The summed E-state index contributed by atoms with van der Waals surface area (Å²) in [6.45, 7) is 8.30. The smallest absolute Gasteiger partial charge is 0.339 e. The molecule has 0 spiro atoms. The molecule has 2 aromatic rings. The van der Waals surface area contributed by atoms with Crippen molar-refractivity contribution in [2.75, 3.05) is 0 Å². The minimum absolute atomic E-state index is 0.0529. The highest BCUT2D eigenvalue weighted by atomic mass is 16.5. The molecule has 1 fully saturated rings. The number of pyridine rings is 1. The molecule has 5 nitrogen and oxygen atoms in total. The van der Waals surface area contributed by atoms with E-state index in [-0.39, 0.29) is 24.0 Å². The zero-order chi connectivity index (χ0) is 17.3. The van der Waals surface area contributed by atoms with Crippen molar-refractivity contribution in [2.45, 2.75) is 77.9 Å². The van der Waals surface area contributed by atoms with Crippen molar-refractivity contribution in [3.8, 4) is 0 Å². The van der Waals surface area contributed by atoms with Crippen LogP contribution in [0.5, 0.6) is 0 Å². The lowest BCUT2D eigenvalue weighted by Crippen LogP contribution is -2.21. The zero-order valence-electron chi connectivity index (χ0n) is 15.1. The van der Waals surface area contributed by atoms with E-state index in [0.717, 1.165) is 42.4 Å². The molecule has 0 radical (unpaired) electrons. The summed E-state index contributed by atoms with van der Waals surface area (Å²) >= 11 is 0. The minimum atomic E-state index is -0.237. The first-order valence-electron chi connectivity index (χ1n) is 9.06. The molecule has 2 heterocycles. The molecule has 0 atom stereocenters. The lowest BCUT2D eigenvalue weighted by Gasteiger charge is -2.22. The minimum Gasteiger partial charge on any atom is -0.459 e. The summed E-state index contributed by atoms with van der Waals surface area (Å²) in [5.74, 6) is 0.00523. The molecule has 0 aliphatic heterocycles. The van der Waals surface area contributed by atoms with Gasteiger partial charge in [0, 0.05) is 11.7 Å². The first kappa shape index (κ1) is 16.9. The van der Waals surface area contributed by atoms with Gasteiger partial charge in [-0.15, -0.1) is 0 Å². The second kappa shape index (κ2) is 6.91. The normalized spacial score (nSPS) is 16.2. The van der Waals surface area contributed by atoms with E-state index in [9.17, 15) is 4.79 Å². The first-order valence-corrected chi connectivity index (χ1v) is 9.06. The molecule has 5 heteroatoms. The van der Waals surface area contributed by atoms with E-state index in [1.54, 1.807) is 6.20 Å². The number of esters is 1. The van der Waals surface area contributed by atoms with Crippen LogP contribution in [0.3, 0.4) is 0 Å². The Kier molecular flexibility index (Phi) is 4.88. The summed E-state index contributed by atoms with van der Waals surface area (Å²) < 4.78 is 7.66. The van der Waals surface area contributed by atoms with E-state index in [4.69, 9.17) is 9.72 Å². The largest absolute Gasteiger partial charge is 0.459 e. The summed E-state index contributed by atoms with van der Waals surface area (Å²) in [4.78, 5) is 17.5. The maximum absolute atomic E-state index is 12.8. The number of rotatable bonds is 4. The van der Waals surface area contributed by atoms with Gasteiger partial charge in [-0.2, -0.15) is 5.10 Å². The van der Waals surface area contributed by atoms with E-state index in [2.05, 4.69) is 32.8 Å². The standard InChI is InChI=1S/C19H27N3O2/c1-12(2)17-10-15(19(23)24-14-8-6-5-7-9-14)16-11-20-22(13(3)4)18(16)21-17/h10-14H,5-9H2,1-4H3. The van der Waals surface area contributed by atoms with Crippen LogP contribution in [0.2, 0.25) is 0 Å². The molecule has 130 valence electrons. The molecule has 0 unspecified atom stereocenters. The van der Waals surface area contributed by atoms with Gasteiger partial charge in [-0.1, -0.05) is 20.3 Å². The van der Waals surface area contributed by atoms with E-state index >= 15 is 0 Å². The molecule has 0 aromatic carbocycles. The van der Waals surface area contributed by atoms with Crippen LogP contribution in [0.15, 0.2) is 12.3 Å². The number of hydrogen-bond acceptors (Lipinski definition) is 4. The molecule has 1 aliphatic rings. The number of nitrogens with zero attached hydrogens (tertiary/aromatic N) is 3. The van der Waals surface area contributed by atoms with Gasteiger partial charge in [0.05, 0.1) is 17.1 Å². The lowest BCUT2D eigenvalue weighted by atomic mass is 9.97. The highest BCUT2D eigenvalue weighted by molar-refractivity contribution is 6.02. The number of aromatic nitrogens is 3. The highest BCUT2D eigenvalue weighted by Crippen LogP contribution is 2.27. The third kappa shape index (κ3) is 3.30. The first-order chi connectivity index (χ1) is 11.5. The molecule has 0 saturated heterocycles. The quantitative estimate of drug-likeness (QED) is 0.768. The van der Waals surface area contributed by atoms with E-state index in [1.165, 1.54) is 6.42 Å². The Morgan fingerprint density at radius 3 is 2.54 bits per heavy atom. The van der Waals surface area contributed by atoms with Crippen LogP contribution in [0.25, 0.3) is 11.0 Å². The van der Waals surface area contributed by atoms with E-state index in [0.29, 0.717) is 5.56 Å². The maximum Gasteiger partial charge on any atom is 0.339 e. The van der Waals surface area contributed by atoms with Gasteiger partial charge < -0.3 is 4.74 Å². The second-order valence-corrected chi connectivity index (χ2v) is 7.33. The van der Waals surface area contributed by atoms with Crippen LogP contribution in [0.1, 0.15) is 87.8 Å². The molecule has 0 amide bonds. The number of hydrogen-bond donors (Lipinski definition) is 0. The van der Waals surface area contributed by atoms with Gasteiger partial charge in [0.15, 0.2) is 5.65 Å². The molecule has 1 aliphatic carbocycles. The highest BCUT2D eigenvalue weighted by Gasteiger charge is 2.23. The fourth-order valence-corrected chi connectivity index (χ4v) is 3.28. The van der Waals surface area contributed by atoms with Crippen molar-refractivity contribution >= 4 is 17.0 Å². The monoisotopic (exact) mass is 329 g/mol. The number of fused-ring (bicyclic) bond motifs is 1. The lowest BCUT2D eigenvalue weighted by molar-refractivity contribution is 0.0213. The van der Waals surface area contributed by atoms with E-state index < -0.39 is 0 Å². The molecule has 24 heavy (non-hydrogen) atoms. The van der Waals surface area contributed by atoms with Gasteiger partial charge in [-0.05, 0) is 51.5 Å². The molecule has 0 N–H and O–H groups in total. The fourth-order valence-electron chi connectivity index (χ4n) is 3.28. The third-order valence-electron chi connectivity index (χ3n) is 4.71. The average molecular weight is 329 g/mol. The summed E-state index contributed by atoms with van der Waals surface area (Å²) in [6.07, 6.45) is 7.27. The van der Waals surface area contributed by atoms with Crippen LogP contribution in [-0.2, 0) is 4.74 Å². The summed E-state index contributed by atoms with van der Waals surface area (Å²) in [5, 5.41) is 5.22. The van der Waals surface area contributed by atoms with Gasteiger partial charge in [0.1, 0.15) is 6.10 Å². The van der Waals surface area contributed by atoms with Crippen LogP contribution < -0.4 is 0 Å². The Hall–Kier alpha value is -1.91. The predicted octanol–water partition coefficient (Wildman–Crippen LogP) is 4.63. The van der Waals surface area contributed by atoms with Crippen molar-refractivity contribution < 1.29 is 9.53 Å². The Bertz CT molecular complexity index is 728. The van der Waals surface area contributed by atoms with Gasteiger partial charge in [0.2, 0.25) is 0 Å². The number of ether oxygens (including phenoxy) is 1. The van der Waals surface area contributed by atoms with Gasteiger partial charge in [-0.3, -0.25) is 0 Å². The van der Waals surface area contributed by atoms with Gasteiger partial charge in [0.25, 0.3) is 0 Å². The summed E-state index contributed by atoms with van der Waals surface area (Å²) in [5.41, 5.74) is 2.27. The molecular weight excluding hydrogens is 302 g/mol. The zero-order valence-corrected chi connectivity index (χ0v) is 15.1. The van der Waals surface area contributed by atoms with Crippen LogP contribution in [-0.4, -0.2) is 26.8 Å². The van der Waals surface area contributed by atoms with E-state index in [1.807, 2.05) is 10.7 Å². The van der Waals surface area contributed by atoms with Crippen LogP contribution >= 0.6 is 0 Å². The predicted molar refractivity (Wildman–Crippen MR) is 94.3 cm³/mol. The topological polar surface area (TPSA) is 57.0 Å². The van der Waals surface area contributed by atoms with Crippen molar-refractivity contribution in [3.05, 3.63) is 23.5 Å². The van der Waals surface area contributed by atoms with Crippen molar-refractivity contribution in [3.63, 3.8) is 0 Å². The van der Waals surface area contributed by atoms with Crippen LogP contribution in [0.4, 0.5) is 0 Å². The Morgan fingerprint density at radius 2 is 1.92 bits per heavy atom. The number of carbonyl (C=O) groups excluding carboxylic acids is 1. The van der Waals surface area contributed by atoms with Crippen molar-refractivity contribution in [2.24, 2.45) is 0 Å². The van der Waals surface area contributed by atoms with Crippen molar-refractivity contribution in [1.82, 2.24) is 14.8 Å². The summed E-state index contributed by atoms with van der Waals surface area (Å²) in [7, 11) is 0. The number of carbonyl (C=O) groups is 1.